The molecule has 1 unspecified atom stereocenters. The lowest BCUT2D eigenvalue weighted by molar-refractivity contribution is -0.118. The fraction of sp³-hybridized carbons (Fsp3) is 0.211. The summed E-state index contributed by atoms with van der Waals surface area (Å²) in [6.07, 6.45) is 1.71. The Morgan fingerprint density at radius 1 is 1.24 bits per heavy atom. The molecule has 2 aromatic carbocycles. The van der Waals surface area contributed by atoms with E-state index in [9.17, 15) is 4.79 Å². The molecule has 1 atom stereocenters. The Morgan fingerprint density at radius 2 is 2.04 bits per heavy atom. The van der Waals surface area contributed by atoms with Crippen LogP contribution in [0.25, 0.3) is 21.3 Å². The van der Waals surface area contributed by atoms with Crippen molar-refractivity contribution < 1.29 is 4.79 Å². The van der Waals surface area contributed by atoms with Crippen LogP contribution in [-0.2, 0) is 4.79 Å². The number of aromatic nitrogens is 3. The van der Waals surface area contributed by atoms with Crippen molar-refractivity contribution in [2.24, 2.45) is 0 Å². The van der Waals surface area contributed by atoms with Crippen molar-refractivity contribution in [2.45, 2.75) is 26.8 Å². The molecule has 0 saturated heterocycles. The van der Waals surface area contributed by atoms with Crippen LogP contribution in [-0.4, -0.2) is 20.4 Å². The molecule has 0 saturated carbocycles. The Hall–Kier alpha value is -2.73. The number of aryl methyl sites for hydroxylation is 2. The van der Waals surface area contributed by atoms with Gasteiger partial charge in [0.25, 0.3) is 0 Å². The lowest BCUT2D eigenvalue weighted by atomic mass is 10.1. The molecule has 4 rings (SSSR count). The number of carbonyl (C=O) groups is 1. The normalized spacial score (nSPS) is 12.6. The van der Waals surface area contributed by atoms with Gasteiger partial charge >= 0.3 is 0 Å². The quantitative estimate of drug-likeness (QED) is 0.593. The van der Waals surface area contributed by atoms with E-state index in [4.69, 9.17) is 0 Å². The number of anilines is 1. The molecule has 4 aromatic rings. The number of para-hydroxylation sites is 2. The molecule has 5 nitrogen and oxygen atoms in total. The van der Waals surface area contributed by atoms with Crippen LogP contribution >= 0.6 is 11.3 Å². The smallest absolute Gasteiger partial charge is 0.248 e. The highest BCUT2D eigenvalue weighted by Gasteiger charge is 2.19. The van der Waals surface area contributed by atoms with Crippen LogP contribution in [0.1, 0.15) is 24.1 Å². The highest BCUT2D eigenvalue weighted by Crippen LogP contribution is 2.30. The van der Waals surface area contributed by atoms with E-state index in [2.05, 4.69) is 34.3 Å². The Labute approximate surface area is 149 Å². The molecule has 0 fully saturated rings. The number of benzene rings is 2. The van der Waals surface area contributed by atoms with Crippen LogP contribution in [0.2, 0.25) is 0 Å². The molecule has 25 heavy (non-hydrogen) atoms. The SMILES string of the molecule is Cc1cc(C)c2nc(NC(=O)C(C)n3cnc4ccccc43)sc2c1. The average Bonchev–Trinajstić information content (AvgIpc) is 3.18. The van der Waals surface area contributed by atoms with E-state index in [-0.39, 0.29) is 11.9 Å². The summed E-state index contributed by atoms with van der Waals surface area (Å²) in [6, 6.07) is 11.6. The van der Waals surface area contributed by atoms with Gasteiger partial charge in [0.2, 0.25) is 5.91 Å². The zero-order chi connectivity index (χ0) is 17.6. The number of rotatable bonds is 3. The summed E-state index contributed by atoms with van der Waals surface area (Å²) in [5, 5.41) is 3.58. The van der Waals surface area contributed by atoms with Gasteiger partial charge in [-0.05, 0) is 50.1 Å². The molecule has 0 spiro atoms. The third-order valence-corrected chi connectivity index (χ3v) is 5.26. The van der Waals surface area contributed by atoms with E-state index in [1.165, 1.54) is 16.9 Å². The molecule has 0 radical (unpaired) electrons. The van der Waals surface area contributed by atoms with Crippen LogP contribution < -0.4 is 5.32 Å². The average molecular weight is 350 g/mol. The summed E-state index contributed by atoms with van der Waals surface area (Å²) < 4.78 is 2.97. The molecular weight excluding hydrogens is 332 g/mol. The second-order valence-electron chi connectivity index (χ2n) is 6.25. The first-order valence-electron chi connectivity index (χ1n) is 8.13. The minimum atomic E-state index is -0.373. The van der Waals surface area contributed by atoms with Gasteiger partial charge in [-0.15, -0.1) is 0 Å². The van der Waals surface area contributed by atoms with Crippen molar-refractivity contribution in [1.82, 2.24) is 14.5 Å². The number of nitrogens with zero attached hydrogens (tertiary/aromatic N) is 3. The number of nitrogens with one attached hydrogen (secondary N) is 1. The summed E-state index contributed by atoms with van der Waals surface area (Å²) in [7, 11) is 0. The maximum absolute atomic E-state index is 12.7. The highest BCUT2D eigenvalue weighted by atomic mass is 32.1. The highest BCUT2D eigenvalue weighted by molar-refractivity contribution is 7.22. The van der Waals surface area contributed by atoms with Gasteiger partial charge in [0, 0.05) is 0 Å². The van der Waals surface area contributed by atoms with Crippen molar-refractivity contribution in [3.8, 4) is 0 Å². The number of amides is 1. The Morgan fingerprint density at radius 3 is 2.88 bits per heavy atom. The largest absolute Gasteiger partial charge is 0.318 e. The number of hydrogen-bond donors (Lipinski definition) is 1. The van der Waals surface area contributed by atoms with Gasteiger partial charge in [-0.3, -0.25) is 4.79 Å². The van der Waals surface area contributed by atoms with Gasteiger partial charge in [0.15, 0.2) is 5.13 Å². The van der Waals surface area contributed by atoms with Gasteiger partial charge in [-0.25, -0.2) is 9.97 Å². The van der Waals surface area contributed by atoms with Crippen molar-refractivity contribution in [3.05, 3.63) is 53.9 Å². The van der Waals surface area contributed by atoms with E-state index < -0.39 is 0 Å². The predicted molar refractivity (Wildman–Crippen MR) is 102 cm³/mol. The lowest BCUT2D eigenvalue weighted by Gasteiger charge is -2.13. The van der Waals surface area contributed by atoms with E-state index >= 15 is 0 Å². The first-order valence-corrected chi connectivity index (χ1v) is 8.95. The van der Waals surface area contributed by atoms with Crippen LogP contribution in [0.5, 0.6) is 0 Å². The molecule has 126 valence electrons. The molecular formula is C19H18N4OS. The molecule has 1 N–H and O–H groups in total. The molecule has 6 heteroatoms. The van der Waals surface area contributed by atoms with Crippen molar-refractivity contribution in [3.63, 3.8) is 0 Å². The summed E-state index contributed by atoms with van der Waals surface area (Å²) in [4.78, 5) is 21.6. The number of imidazole rings is 1. The third-order valence-electron chi connectivity index (χ3n) is 4.34. The van der Waals surface area contributed by atoms with Crippen LogP contribution in [0, 0.1) is 13.8 Å². The predicted octanol–water partition coefficient (Wildman–Crippen LogP) is 4.46. The van der Waals surface area contributed by atoms with E-state index in [1.54, 1.807) is 6.33 Å². The first-order chi connectivity index (χ1) is 12.0. The fourth-order valence-electron chi connectivity index (χ4n) is 3.05. The Bertz CT molecular complexity index is 1100. The van der Waals surface area contributed by atoms with E-state index in [0.717, 1.165) is 26.8 Å². The minimum Gasteiger partial charge on any atom is -0.318 e. The molecule has 1 amide bonds. The second-order valence-corrected chi connectivity index (χ2v) is 7.28. The van der Waals surface area contributed by atoms with Crippen LogP contribution in [0.3, 0.4) is 0 Å². The molecule has 0 aliphatic carbocycles. The zero-order valence-corrected chi connectivity index (χ0v) is 15.1. The third kappa shape index (κ3) is 2.78. The topological polar surface area (TPSA) is 59.8 Å². The van der Waals surface area contributed by atoms with Gasteiger partial charge < -0.3 is 9.88 Å². The number of thiazole rings is 1. The van der Waals surface area contributed by atoms with Gasteiger partial charge in [0.05, 0.1) is 27.6 Å². The fourth-order valence-corrected chi connectivity index (χ4v) is 4.09. The van der Waals surface area contributed by atoms with Gasteiger partial charge in [-0.1, -0.05) is 29.5 Å². The standard InChI is InChI=1S/C19H18N4OS/c1-11-8-12(2)17-16(9-11)25-19(21-17)22-18(24)13(3)23-10-20-14-6-4-5-7-15(14)23/h4-10,13H,1-3H3,(H,21,22,24). The monoisotopic (exact) mass is 350 g/mol. The number of fused-ring (bicyclic) bond motifs is 2. The molecule has 0 aliphatic heterocycles. The second kappa shape index (κ2) is 5.97. The summed E-state index contributed by atoms with van der Waals surface area (Å²) in [5.41, 5.74) is 5.10. The van der Waals surface area contributed by atoms with E-state index in [0.29, 0.717) is 5.13 Å². The Kier molecular flexibility index (Phi) is 3.77. The van der Waals surface area contributed by atoms with Gasteiger partial charge in [0.1, 0.15) is 6.04 Å². The molecule has 0 aliphatic rings. The number of carbonyl (C=O) groups excluding carboxylic acids is 1. The lowest BCUT2D eigenvalue weighted by Crippen LogP contribution is -2.23. The summed E-state index contributed by atoms with van der Waals surface area (Å²) in [6.45, 7) is 5.98. The number of hydrogen-bond acceptors (Lipinski definition) is 4. The Balaban J connectivity index is 1.62. The van der Waals surface area contributed by atoms with Crippen molar-refractivity contribution >= 4 is 43.6 Å². The van der Waals surface area contributed by atoms with E-state index in [1.807, 2.05) is 42.7 Å². The maximum Gasteiger partial charge on any atom is 0.248 e. The van der Waals surface area contributed by atoms with Crippen LogP contribution in [0.4, 0.5) is 5.13 Å². The zero-order valence-electron chi connectivity index (χ0n) is 14.3. The molecule has 2 heterocycles. The van der Waals surface area contributed by atoms with Crippen molar-refractivity contribution in [1.29, 1.82) is 0 Å². The summed E-state index contributed by atoms with van der Waals surface area (Å²) in [5.74, 6) is -0.100. The van der Waals surface area contributed by atoms with Crippen molar-refractivity contribution in [2.75, 3.05) is 5.32 Å². The molecule has 0 bridgehead atoms. The first kappa shape index (κ1) is 15.8. The maximum atomic E-state index is 12.7. The van der Waals surface area contributed by atoms with Crippen LogP contribution in [0.15, 0.2) is 42.7 Å². The van der Waals surface area contributed by atoms with Gasteiger partial charge in [-0.2, -0.15) is 0 Å². The molecule has 2 aromatic heterocycles. The minimum absolute atomic E-state index is 0.100. The summed E-state index contributed by atoms with van der Waals surface area (Å²) >= 11 is 1.50.